The van der Waals surface area contributed by atoms with Gasteiger partial charge in [-0.1, -0.05) is 17.7 Å². The van der Waals surface area contributed by atoms with Crippen LogP contribution in [0.1, 0.15) is 28.7 Å². The molecule has 1 aromatic heterocycles. The zero-order chi connectivity index (χ0) is 28.0. The highest BCUT2D eigenvalue weighted by molar-refractivity contribution is 7.11. The third kappa shape index (κ3) is 5.63. The van der Waals surface area contributed by atoms with E-state index in [1.165, 1.54) is 6.07 Å². The van der Waals surface area contributed by atoms with E-state index in [1.54, 1.807) is 0 Å². The Labute approximate surface area is 219 Å². The van der Waals surface area contributed by atoms with Crippen LogP contribution in [0.3, 0.4) is 0 Å². The van der Waals surface area contributed by atoms with E-state index in [2.05, 4.69) is 15.3 Å². The number of rotatable bonds is 6. The average Bonchev–Trinajstić information content (AvgIpc) is 3.43. The molecule has 2 N–H and O–H groups in total. The van der Waals surface area contributed by atoms with Gasteiger partial charge in [0.05, 0.1) is 19.2 Å². The Balaban J connectivity index is 1.86. The Hall–Kier alpha value is -3.17. The molecule has 2 aliphatic rings. The second kappa shape index (κ2) is 10.2. The number of carboxylic acids is 1. The molecule has 4 rings (SSSR count). The van der Waals surface area contributed by atoms with Gasteiger partial charge < -0.3 is 15.2 Å². The monoisotopic (exact) mass is 582 g/mol. The first-order valence-corrected chi connectivity index (χ1v) is 11.9. The topological polar surface area (TPSA) is 104 Å². The summed E-state index contributed by atoms with van der Waals surface area (Å²) in [6.07, 6.45) is -5.76. The third-order valence-electron chi connectivity index (χ3n) is 5.80. The van der Waals surface area contributed by atoms with Gasteiger partial charge in [0.25, 0.3) is 5.92 Å². The van der Waals surface area contributed by atoms with Crippen molar-refractivity contribution in [2.45, 2.75) is 30.6 Å². The summed E-state index contributed by atoms with van der Waals surface area (Å²) in [5.41, 5.74) is -1.61. The molecule has 0 saturated carbocycles. The van der Waals surface area contributed by atoms with Gasteiger partial charge in [0, 0.05) is 34.6 Å². The van der Waals surface area contributed by atoms with Crippen LogP contribution in [0.5, 0.6) is 0 Å². The lowest BCUT2D eigenvalue weighted by Gasteiger charge is -2.30. The van der Waals surface area contributed by atoms with Crippen LogP contribution >= 0.6 is 22.9 Å². The fraction of sp³-hybridized carbons (Fsp3) is 0.364. The highest BCUT2D eigenvalue weighted by Gasteiger charge is 2.49. The standard InChI is InChI=1S/C22H17ClF6N4O4S/c1-37-20(36)15-12(6-33-8-21(25,26)5-13(33)19(34)35)30-17(18-31-14(7-38-18)22(27,28)29)32-16(15)10-3-2-9(24)4-11(10)23/h2-4,7,13,16H,5-6,8H2,1H3,(H,30,32)(H,34,35)/t13-,16-/m0/s1. The summed E-state index contributed by atoms with van der Waals surface area (Å²) in [7, 11) is 1.02. The molecule has 0 amide bonds. The number of nitrogens with one attached hydrogen (secondary N) is 1. The van der Waals surface area contributed by atoms with E-state index in [0.717, 1.165) is 29.5 Å². The summed E-state index contributed by atoms with van der Waals surface area (Å²) in [6, 6.07) is 0.133. The van der Waals surface area contributed by atoms with Crippen LogP contribution in [-0.4, -0.2) is 64.9 Å². The van der Waals surface area contributed by atoms with E-state index in [1.807, 2.05) is 0 Å². The first-order chi connectivity index (χ1) is 17.7. The number of halogens is 7. The SMILES string of the molecule is COC(=O)C1=C(CN2CC(F)(F)C[C@H]2C(=O)O)NC(c2nc(C(F)(F)F)cs2)=N[C@H]1c1ccc(F)cc1Cl. The highest BCUT2D eigenvalue weighted by Crippen LogP contribution is 2.39. The van der Waals surface area contributed by atoms with Crippen molar-refractivity contribution in [1.82, 2.24) is 15.2 Å². The lowest BCUT2D eigenvalue weighted by Crippen LogP contribution is -2.43. The number of benzene rings is 1. The zero-order valence-corrected chi connectivity index (χ0v) is 20.7. The molecule has 2 aliphatic heterocycles. The van der Waals surface area contributed by atoms with Crippen LogP contribution in [0.25, 0.3) is 0 Å². The Morgan fingerprint density at radius 1 is 1.34 bits per heavy atom. The van der Waals surface area contributed by atoms with Crippen LogP contribution in [0, 0.1) is 5.82 Å². The molecule has 2 aromatic rings. The minimum atomic E-state index is -4.77. The minimum absolute atomic E-state index is 0.0547. The molecular weight excluding hydrogens is 566 g/mol. The highest BCUT2D eigenvalue weighted by atomic mass is 35.5. The number of hydrogen-bond acceptors (Lipinski definition) is 8. The largest absolute Gasteiger partial charge is 0.480 e. The van der Waals surface area contributed by atoms with Crippen LogP contribution < -0.4 is 5.32 Å². The predicted molar refractivity (Wildman–Crippen MR) is 123 cm³/mol. The zero-order valence-electron chi connectivity index (χ0n) is 19.2. The molecule has 3 heterocycles. The number of hydrogen-bond donors (Lipinski definition) is 2. The van der Waals surface area contributed by atoms with Gasteiger partial charge in [-0.05, 0) is 12.1 Å². The van der Waals surface area contributed by atoms with E-state index in [-0.39, 0.29) is 32.7 Å². The summed E-state index contributed by atoms with van der Waals surface area (Å²) in [5, 5.41) is 12.4. The fourth-order valence-electron chi connectivity index (χ4n) is 4.14. The van der Waals surface area contributed by atoms with Gasteiger partial charge in [-0.2, -0.15) is 13.2 Å². The Bertz CT molecular complexity index is 1350. The molecule has 16 heteroatoms. The molecular formula is C22H17ClF6N4O4S. The molecule has 8 nitrogen and oxygen atoms in total. The van der Waals surface area contributed by atoms with Crippen LogP contribution in [0.4, 0.5) is 26.3 Å². The molecule has 0 spiro atoms. The summed E-state index contributed by atoms with van der Waals surface area (Å²) in [6.45, 7) is -1.53. The third-order valence-corrected chi connectivity index (χ3v) is 6.98. The van der Waals surface area contributed by atoms with Crippen LogP contribution in [-0.2, 0) is 20.5 Å². The van der Waals surface area contributed by atoms with Gasteiger partial charge in [-0.15, -0.1) is 11.3 Å². The van der Waals surface area contributed by atoms with Crippen molar-refractivity contribution in [3.63, 3.8) is 0 Å². The maximum atomic E-state index is 14.1. The summed E-state index contributed by atoms with van der Waals surface area (Å²) < 4.78 is 86.4. The van der Waals surface area contributed by atoms with Crippen molar-refractivity contribution >= 4 is 40.7 Å². The number of esters is 1. The van der Waals surface area contributed by atoms with Crippen LogP contribution in [0.2, 0.25) is 5.02 Å². The lowest BCUT2D eigenvalue weighted by atomic mass is 9.95. The van der Waals surface area contributed by atoms with E-state index < -0.39 is 67.1 Å². The number of carbonyl (C=O) groups is 2. The maximum Gasteiger partial charge on any atom is 0.434 e. The Morgan fingerprint density at radius 3 is 2.63 bits per heavy atom. The quantitative estimate of drug-likeness (QED) is 0.387. The second-order valence-electron chi connectivity index (χ2n) is 8.41. The number of carboxylic acid groups (broad SMARTS) is 1. The fourth-order valence-corrected chi connectivity index (χ4v) is 5.18. The van der Waals surface area contributed by atoms with Gasteiger partial charge in [0.15, 0.2) is 16.5 Å². The van der Waals surface area contributed by atoms with Crippen molar-refractivity contribution < 1.29 is 45.8 Å². The summed E-state index contributed by atoms with van der Waals surface area (Å²) in [4.78, 5) is 33.3. The number of aliphatic carboxylic acids is 1. The summed E-state index contributed by atoms with van der Waals surface area (Å²) >= 11 is 6.77. The molecule has 0 bridgehead atoms. The molecule has 2 atom stereocenters. The number of aromatic nitrogens is 1. The number of methoxy groups -OCH3 is 1. The first kappa shape index (κ1) is 27.9. The molecule has 204 valence electrons. The van der Waals surface area contributed by atoms with Crippen molar-refractivity contribution in [3.8, 4) is 0 Å². The second-order valence-corrected chi connectivity index (χ2v) is 9.67. The number of ether oxygens (including phenoxy) is 1. The van der Waals surface area contributed by atoms with E-state index in [0.29, 0.717) is 11.3 Å². The van der Waals surface area contributed by atoms with Crippen molar-refractivity contribution in [3.05, 3.63) is 62.0 Å². The molecule has 0 radical (unpaired) electrons. The van der Waals surface area contributed by atoms with Gasteiger partial charge in [-0.3, -0.25) is 14.7 Å². The minimum Gasteiger partial charge on any atom is -0.480 e. The number of amidine groups is 1. The van der Waals surface area contributed by atoms with E-state index >= 15 is 0 Å². The van der Waals surface area contributed by atoms with Gasteiger partial charge >= 0.3 is 18.1 Å². The maximum absolute atomic E-state index is 14.1. The average molecular weight is 583 g/mol. The number of thiazole rings is 1. The lowest BCUT2D eigenvalue weighted by molar-refractivity contribution is -0.142. The van der Waals surface area contributed by atoms with Gasteiger partial charge in [0.2, 0.25) is 0 Å². The Morgan fingerprint density at radius 2 is 2.05 bits per heavy atom. The molecule has 0 unspecified atom stereocenters. The van der Waals surface area contributed by atoms with Gasteiger partial charge in [-0.25, -0.2) is 22.9 Å². The summed E-state index contributed by atoms with van der Waals surface area (Å²) in [5.74, 6) is -6.87. The normalized spacial score (nSPS) is 21.7. The van der Waals surface area contributed by atoms with E-state index in [9.17, 15) is 41.0 Å². The number of likely N-dealkylation sites (tertiary alicyclic amines) is 1. The smallest absolute Gasteiger partial charge is 0.434 e. The first-order valence-electron chi connectivity index (χ1n) is 10.7. The van der Waals surface area contributed by atoms with E-state index in [4.69, 9.17) is 16.3 Å². The number of carbonyl (C=O) groups excluding carboxylic acids is 1. The predicted octanol–water partition coefficient (Wildman–Crippen LogP) is 4.27. The molecule has 38 heavy (non-hydrogen) atoms. The van der Waals surface area contributed by atoms with Gasteiger partial charge in [0.1, 0.15) is 17.9 Å². The van der Waals surface area contributed by atoms with Crippen molar-refractivity contribution in [2.75, 3.05) is 20.2 Å². The van der Waals surface area contributed by atoms with Crippen molar-refractivity contribution in [2.24, 2.45) is 4.99 Å². The van der Waals surface area contributed by atoms with Crippen LogP contribution in [0.15, 0.2) is 39.8 Å². The Kier molecular flexibility index (Phi) is 7.47. The number of alkyl halides is 5. The molecule has 1 aromatic carbocycles. The molecule has 1 saturated heterocycles. The number of aliphatic imine (C=N–C) groups is 1. The number of nitrogens with zero attached hydrogens (tertiary/aromatic N) is 3. The molecule has 1 fully saturated rings. The van der Waals surface area contributed by atoms with Crippen molar-refractivity contribution in [1.29, 1.82) is 0 Å². The molecule has 0 aliphatic carbocycles.